The number of methoxy groups -OCH3 is 4. The number of aryl methyl sites for hydroxylation is 1. The molecule has 2 aromatic rings. The smallest absolute Gasteiger partial charge is 0.339 e. The van der Waals surface area contributed by atoms with Crippen LogP contribution in [0.3, 0.4) is 0 Å². The fourth-order valence-electron chi connectivity index (χ4n) is 2.62. The highest BCUT2D eigenvalue weighted by atomic mass is 16.5. The van der Waals surface area contributed by atoms with E-state index >= 15 is 0 Å². The second-order valence-electron chi connectivity index (χ2n) is 5.09. The average molecular weight is 332 g/mol. The largest absolute Gasteiger partial charge is 0.496 e. The van der Waals surface area contributed by atoms with Crippen LogP contribution in [0.15, 0.2) is 24.3 Å². The molecule has 2 rings (SSSR count). The molecule has 0 atom stereocenters. The Kier molecular flexibility index (Phi) is 5.18. The van der Waals surface area contributed by atoms with Gasteiger partial charge in [0.1, 0.15) is 11.3 Å². The van der Waals surface area contributed by atoms with Gasteiger partial charge in [-0.1, -0.05) is 0 Å². The van der Waals surface area contributed by atoms with E-state index in [2.05, 4.69) is 0 Å². The summed E-state index contributed by atoms with van der Waals surface area (Å²) in [5.74, 6) is 0.768. The van der Waals surface area contributed by atoms with Gasteiger partial charge in [0.05, 0.1) is 28.4 Å². The molecule has 0 amide bonds. The SMILES string of the molecule is COc1cc(-c2cc(C)c(OC)c(C(=O)O)c2)cc(OC)c1OC. The average Bonchev–Trinajstić information content (AvgIpc) is 2.59. The molecule has 0 heterocycles. The first-order valence-corrected chi connectivity index (χ1v) is 7.19. The molecule has 0 aliphatic carbocycles. The van der Waals surface area contributed by atoms with Crippen molar-refractivity contribution in [2.75, 3.05) is 28.4 Å². The van der Waals surface area contributed by atoms with Crippen molar-refractivity contribution in [3.05, 3.63) is 35.4 Å². The van der Waals surface area contributed by atoms with Gasteiger partial charge in [0.2, 0.25) is 5.75 Å². The fraction of sp³-hybridized carbons (Fsp3) is 0.278. The molecule has 0 saturated carbocycles. The summed E-state index contributed by atoms with van der Waals surface area (Å²) in [5, 5.41) is 9.43. The molecule has 0 aromatic heterocycles. The molecule has 6 heteroatoms. The molecule has 0 aliphatic rings. The Hall–Kier alpha value is -2.89. The van der Waals surface area contributed by atoms with Crippen molar-refractivity contribution >= 4 is 5.97 Å². The topological polar surface area (TPSA) is 74.2 Å². The van der Waals surface area contributed by atoms with Gasteiger partial charge in [-0.25, -0.2) is 4.79 Å². The van der Waals surface area contributed by atoms with Crippen molar-refractivity contribution in [2.45, 2.75) is 6.92 Å². The van der Waals surface area contributed by atoms with Gasteiger partial charge < -0.3 is 24.1 Å². The third-order valence-electron chi connectivity index (χ3n) is 3.71. The predicted molar refractivity (Wildman–Crippen MR) is 89.8 cm³/mol. The number of hydrogen-bond donors (Lipinski definition) is 1. The Morgan fingerprint density at radius 1 is 0.792 bits per heavy atom. The molecule has 0 spiro atoms. The van der Waals surface area contributed by atoms with Crippen molar-refractivity contribution in [1.82, 2.24) is 0 Å². The molecule has 0 saturated heterocycles. The maximum atomic E-state index is 11.5. The van der Waals surface area contributed by atoms with Crippen molar-refractivity contribution < 1.29 is 28.8 Å². The molecule has 128 valence electrons. The van der Waals surface area contributed by atoms with E-state index in [4.69, 9.17) is 18.9 Å². The number of benzene rings is 2. The predicted octanol–water partition coefficient (Wildman–Crippen LogP) is 3.39. The van der Waals surface area contributed by atoms with Crippen molar-refractivity contribution in [2.24, 2.45) is 0 Å². The van der Waals surface area contributed by atoms with Gasteiger partial charge >= 0.3 is 5.97 Å². The van der Waals surface area contributed by atoms with E-state index in [1.54, 1.807) is 25.1 Å². The van der Waals surface area contributed by atoms with Gasteiger partial charge in [-0.05, 0) is 47.9 Å². The molecular formula is C18H20O6. The first-order valence-electron chi connectivity index (χ1n) is 7.19. The summed E-state index contributed by atoms with van der Waals surface area (Å²) in [4.78, 5) is 11.5. The number of ether oxygens (including phenoxy) is 4. The maximum Gasteiger partial charge on any atom is 0.339 e. The molecule has 0 bridgehead atoms. The molecule has 24 heavy (non-hydrogen) atoms. The molecule has 6 nitrogen and oxygen atoms in total. The number of aromatic carboxylic acids is 1. The zero-order chi connectivity index (χ0) is 17.9. The first-order chi connectivity index (χ1) is 11.5. The zero-order valence-electron chi connectivity index (χ0n) is 14.3. The summed E-state index contributed by atoms with van der Waals surface area (Å²) in [6.45, 7) is 1.80. The van der Waals surface area contributed by atoms with Crippen LogP contribution in [0.1, 0.15) is 15.9 Å². The first kappa shape index (κ1) is 17.5. The van der Waals surface area contributed by atoms with E-state index in [1.165, 1.54) is 28.4 Å². The third-order valence-corrected chi connectivity index (χ3v) is 3.71. The van der Waals surface area contributed by atoms with Crippen LogP contribution >= 0.6 is 0 Å². The summed E-state index contributed by atoms with van der Waals surface area (Å²) >= 11 is 0. The van der Waals surface area contributed by atoms with Crippen LogP contribution in [-0.4, -0.2) is 39.5 Å². The summed E-state index contributed by atoms with van der Waals surface area (Å²) in [7, 11) is 6.04. The van der Waals surface area contributed by atoms with Crippen LogP contribution in [-0.2, 0) is 0 Å². The molecule has 0 unspecified atom stereocenters. The normalized spacial score (nSPS) is 10.2. The summed E-state index contributed by atoms with van der Waals surface area (Å²) in [6, 6.07) is 6.96. The van der Waals surface area contributed by atoms with Crippen LogP contribution in [0, 0.1) is 6.92 Å². The lowest BCUT2D eigenvalue weighted by Gasteiger charge is -2.16. The minimum Gasteiger partial charge on any atom is -0.496 e. The van der Waals surface area contributed by atoms with Crippen LogP contribution in [0.25, 0.3) is 11.1 Å². The number of carboxylic acid groups (broad SMARTS) is 1. The van der Waals surface area contributed by atoms with E-state index in [-0.39, 0.29) is 5.56 Å². The Bertz CT molecular complexity index is 741. The minimum absolute atomic E-state index is 0.0984. The second kappa shape index (κ2) is 7.12. The highest BCUT2D eigenvalue weighted by Crippen LogP contribution is 2.42. The summed E-state index contributed by atoms with van der Waals surface area (Å²) in [5.41, 5.74) is 2.28. The van der Waals surface area contributed by atoms with E-state index in [0.29, 0.717) is 28.6 Å². The lowest BCUT2D eigenvalue weighted by atomic mass is 9.98. The molecule has 0 aliphatic heterocycles. The van der Waals surface area contributed by atoms with Crippen molar-refractivity contribution in [3.8, 4) is 34.1 Å². The fourth-order valence-corrected chi connectivity index (χ4v) is 2.62. The standard InChI is InChI=1S/C18H20O6/c1-10-6-11(7-13(18(19)20)16(10)23-4)12-8-14(21-2)17(24-5)15(9-12)22-3/h6-9H,1-5H3,(H,19,20). The van der Waals surface area contributed by atoms with Crippen LogP contribution in [0.2, 0.25) is 0 Å². The number of carbonyl (C=O) groups is 1. The highest BCUT2D eigenvalue weighted by molar-refractivity contribution is 5.93. The molecule has 0 fully saturated rings. The number of carboxylic acids is 1. The lowest BCUT2D eigenvalue weighted by molar-refractivity contribution is 0.0693. The zero-order valence-corrected chi connectivity index (χ0v) is 14.3. The van der Waals surface area contributed by atoms with E-state index in [0.717, 1.165) is 11.1 Å². The van der Waals surface area contributed by atoms with Crippen LogP contribution < -0.4 is 18.9 Å². The van der Waals surface area contributed by atoms with Gasteiger partial charge in [0.15, 0.2) is 11.5 Å². The van der Waals surface area contributed by atoms with Gasteiger partial charge in [-0.15, -0.1) is 0 Å². The van der Waals surface area contributed by atoms with Crippen molar-refractivity contribution in [3.63, 3.8) is 0 Å². The third kappa shape index (κ3) is 3.08. The molecular weight excluding hydrogens is 312 g/mol. The lowest BCUT2D eigenvalue weighted by Crippen LogP contribution is -2.03. The quantitative estimate of drug-likeness (QED) is 0.874. The second-order valence-corrected chi connectivity index (χ2v) is 5.09. The summed E-state index contributed by atoms with van der Waals surface area (Å²) in [6.07, 6.45) is 0. The van der Waals surface area contributed by atoms with Crippen molar-refractivity contribution in [1.29, 1.82) is 0 Å². The van der Waals surface area contributed by atoms with Crippen LogP contribution in [0.5, 0.6) is 23.0 Å². The Morgan fingerprint density at radius 2 is 1.29 bits per heavy atom. The Balaban J connectivity index is 2.70. The van der Waals surface area contributed by atoms with E-state index < -0.39 is 5.97 Å². The minimum atomic E-state index is -1.05. The van der Waals surface area contributed by atoms with Crippen LogP contribution in [0.4, 0.5) is 0 Å². The van der Waals surface area contributed by atoms with Gasteiger partial charge in [-0.2, -0.15) is 0 Å². The number of hydrogen-bond acceptors (Lipinski definition) is 5. The monoisotopic (exact) mass is 332 g/mol. The summed E-state index contributed by atoms with van der Waals surface area (Å²) < 4.78 is 21.2. The number of rotatable bonds is 6. The van der Waals surface area contributed by atoms with Gasteiger partial charge in [0, 0.05) is 0 Å². The van der Waals surface area contributed by atoms with Gasteiger partial charge in [-0.3, -0.25) is 0 Å². The highest BCUT2D eigenvalue weighted by Gasteiger charge is 2.18. The molecule has 0 radical (unpaired) electrons. The maximum absolute atomic E-state index is 11.5. The Morgan fingerprint density at radius 3 is 1.71 bits per heavy atom. The van der Waals surface area contributed by atoms with E-state index in [9.17, 15) is 9.90 Å². The van der Waals surface area contributed by atoms with Gasteiger partial charge in [0.25, 0.3) is 0 Å². The molecule has 2 aromatic carbocycles. The van der Waals surface area contributed by atoms with E-state index in [1.807, 2.05) is 6.07 Å². The Labute approximate surface area is 140 Å². The molecule has 1 N–H and O–H groups in total.